The lowest BCUT2D eigenvalue weighted by molar-refractivity contribution is 0.885. The average Bonchev–Trinajstić information content (AvgIpc) is 3.80. The van der Waals surface area contributed by atoms with Crippen molar-refractivity contribution in [3.63, 3.8) is 0 Å². The predicted molar refractivity (Wildman–Crippen MR) is 166 cm³/mol. The first-order valence-electron chi connectivity index (χ1n) is 13.7. The summed E-state index contributed by atoms with van der Waals surface area (Å²) < 4.78 is 6.24. The molecular weight excluding hydrogens is 502 g/mol. The maximum Gasteiger partial charge on any atom is 0.0927 e. The van der Waals surface area contributed by atoms with Crippen LogP contribution in [0, 0.1) is 0 Å². The number of fused-ring (bicyclic) bond motifs is 3. The van der Waals surface area contributed by atoms with Crippen LogP contribution in [0.1, 0.15) is 0 Å². The zero-order chi connectivity index (χ0) is 27.2. The van der Waals surface area contributed by atoms with E-state index in [2.05, 4.69) is 108 Å². The van der Waals surface area contributed by atoms with Crippen molar-refractivity contribution < 1.29 is 0 Å². The fraction of sp³-hybridized carbons (Fsp3) is 0. The van der Waals surface area contributed by atoms with Crippen molar-refractivity contribution in [1.29, 1.82) is 0 Å². The third kappa shape index (κ3) is 4.03. The van der Waals surface area contributed by atoms with Crippen molar-refractivity contribution in [2.24, 2.45) is 0 Å². The Balaban J connectivity index is 1.29. The first kappa shape index (κ1) is 23.2. The van der Waals surface area contributed by atoms with Gasteiger partial charge in [-0.2, -0.15) is 10.2 Å². The lowest BCUT2D eigenvalue weighted by atomic mass is 10.1. The number of rotatable bonds is 5. The van der Waals surface area contributed by atoms with Gasteiger partial charge in [-0.05, 0) is 60.7 Å². The monoisotopic (exact) mass is 527 g/mol. The highest BCUT2D eigenvalue weighted by Crippen LogP contribution is 2.35. The third-order valence-corrected chi connectivity index (χ3v) is 7.59. The second-order valence-corrected chi connectivity index (χ2v) is 10.1. The minimum atomic E-state index is 0.951. The summed E-state index contributed by atoms with van der Waals surface area (Å²) in [5.74, 6) is 0. The largest absolute Gasteiger partial charge is 0.309 e. The quantitative estimate of drug-likeness (QED) is 0.225. The molecule has 3 aromatic heterocycles. The summed E-state index contributed by atoms with van der Waals surface area (Å²) in [5.41, 5.74) is 9.56. The minimum Gasteiger partial charge on any atom is -0.309 e. The van der Waals surface area contributed by atoms with Crippen LogP contribution in [0.5, 0.6) is 0 Å². The Labute approximate surface area is 237 Å². The molecule has 0 aliphatic carbocycles. The van der Waals surface area contributed by atoms with Gasteiger partial charge in [0, 0.05) is 40.0 Å². The smallest absolute Gasteiger partial charge is 0.0927 e. The molecule has 0 N–H and O–H groups in total. The molecule has 0 aliphatic heterocycles. The molecule has 0 unspecified atom stereocenters. The number of benzene rings is 5. The van der Waals surface area contributed by atoms with Crippen LogP contribution in [0.3, 0.4) is 0 Å². The molecule has 0 fully saturated rings. The van der Waals surface area contributed by atoms with Crippen LogP contribution >= 0.6 is 0 Å². The normalized spacial score (nSPS) is 11.4. The van der Waals surface area contributed by atoms with E-state index >= 15 is 0 Å². The van der Waals surface area contributed by atoms with Crippen molar-refractivity contribution in [2.75, 3.05) is 0 Å². The highest BCUT2D eigenvalue weighted by Gasteiger charge is 2.15. The molecule has 0 bridgehead atoms. The molecule has 0 amide bonds. The van der Waals surface area contributed by atoms with Gasteiger partial charge in [0.15, 0.2) is 0 Å². The van der Waals surface area contributed by atoms with E-state index in [0.29, 0.717) is 0 Å². The second kappa shape index (κ2) is 9.50. The fourth-order valence-electron chi connectivity index (χ4n) is 5.60. The Morgan fingerprint density at radius 3 is 1.29 bits per heavy atom. The van der Waals surface area contributed by atoms with Gasteiger partial charge < -0.3 is 4.57 Å². The topological polar surface area (TPSA) is 40.6 Å². The molecule has 8 rings (SSSR count). The number of aromatic nitrogens is 5. The maximum atomic E-state index is 4.90. The molecule has 41 heavy (non-hydrogen) atoms. The van der Waals surface area contributed by atoms with Gasteiger partial charge in [-0.1, -0.05) is 78.9 Å². The Morgan fingerprint density at radius 1 is 0.390 bits per heavy atom. The van der Waals surface area contributed by atoms with Gasteiger partial charge >= 0.3 is 0 Å². The molecule has 8 aromatic rings. The van der Waals surface area contributed by atoms with Crippen LogP contribution in [0.2, 0.25) is 0 Å². The predicted octanol–water partition coefficient (Wildman–Crippen LogP) is 8.49. The Morgan fingerprint density at radius 2 is 0.829 bits per heavy atom. The van der Waals surface area contributed by atoms with Gasteiger partial charge in [-0.25, -0.2) is 9.36 Å². The van der Waals surface area contributed by atoms with Crippen molar-refractivity contribution in [3.8, 4) is 39.6 Å². The molecular formula is C36H25N5. The number of hydrogen-bond acceptors (Lipinski definition) is 2. The first-order chi connectivity index (χ1) is 20.3. The van der Waals surface area contributed by atoms with Crippen molar-refractivity contribution in [2.45, 2.75) is 0 Å². The first-order valence-corrected chi connectivity index (χ1v) is 13.7. The molecule has 0 saturated heterocycles. The van der Waals surface area contributed by atoms with Crippen LogP contribution in [0.25, 0.3) is 61.4 Å². The second-order valence-electron chi connectivity index (χ2n) is 10.1. The highest BCUT2D eigenvalue weighted by atomic mass is 15.3. The van der Waals surface area contributed by atoms with E-state index in [1.54, 1.807) is 0 Å². The van der Waals surface area contributed by atoms with E-state index in [1.807, 2.05) is 58.2 Å². The third-order valence-electron chi connectivity index (χ3n) is 7.59. The van der Waals surface area contributed by atoms with E-state index < -0.39 is 0 Å². The summed E-state index contributed by atoms with van der Waals surface area (Å²) in [6.45, 7) is 0. The van der Waals surface area contributed by atoms with Crippen molar-refractivity contribution >= 4 is 21.8 Å². The van der Waals surface area contributed by atoms with Gasteiger partial charge in [0.25, 0.3) is 0 Å². The van der Waals surface area contributed by atoms with Gasteiger partial charge in [0.1, 0.15) is 0 Å². The summed E-state index contributed by atoms with van der Waals surface area (Å²) in [5, 5.41) is 12.1. The zero-order valence-corrected chi connectivity index (χ0v) is 22.2. The Kier molecular flexibility index (Phi) is 5.38. The standard InChI is InChI=1S/C36H25N5/c1-4-10-26(11-5-1)33-20-22-39(37-33)29-16-18-35-31(24-29)32-25-30(17-19-36(32)41(35)28-14-8-3-9-15-28)40-23-21-34(38-40)27-12-6-2-7-13-27/h1-25H. The summed E-state index contributed by atoms with van der Waals surface area (Å²) in [7, 11) is 0. The van der Waals surface area contributed by atoms with Crippen LogP contribution in [-0.2, 0) is 0 Å². The SMILES string of the molecule is c1ccc(-c2ccn(-c3ccc4c(c3)c3cc(-n5ccc(-c6ccccc6)n5)ccc3n4-c3ccccc3)n2)cc1. The van der Waals surface area contributed by atoms with E-state index in [4.69, 9.17) is 10.2 Å². The number of hydrogen-bond donors (Lipinski definition) is 0. The molecule has 5 nitrogen and oxygen atoms in total. The van der Waals surface area contributed by atoms with E-state index in [1.165, 1.54) is 0 Å². The minimum absolute atomic E-state index is 0.951. The molecule has 0 spiro atoms. The summed E-state index contributed by atoms with van der Waals surface area (Å²) in [6, 6.07) is 48.4. The molecule has 5 aromatic carbocycles. The van der Waals surface area contributed by atoms with Gasteiger partial charge in [-0.3, -0.25) is 0 Å². The number of nitrogens with zero attached hydrogens (tertiary/aromatic N) is 5. The average molecular weight is 528 g/mol. The summed E-state index contributed by atoms with van der Waals surface area (Å²) in [6.07, 6.45) is 4.06. The fourth-order valence-corrected chi connectivity index (χ4v) is 5.60. The maximum absolute atomic E-state index is 4.90. The van der Waals surface area contributed by atoms with E-state index in [0.717, 1.165) is 61.4 Å². The van der Waals surface area contributed by atoms with Gasteiger partial charge in [0.05, 0.1) is 33.8 Å². The lowest BCUT2D eigenvalue weighted by Gasteiger charge is -2.08. The molecule has 3 heterocycles. The number of para-hydroxylation sites is 1. The molecule has 194 valence electrons. The van der Waals surface area contributed by atoms with Crippen molar-refractivity contribution in [1.82, 2.24) is 24.1 Å². The van der Waals surface area contributed by atoms with E-state index in [9.17, 15) is 0 Å². The Bertz CT molecular complexity index is 2000. The summed E-state index contributed by atoms with van der Waals surface area (Å²) in [4.78, 5) is 0. The van der Waals surface area contributed by atoms with Gasteiger partial charge in [-0.15, -0.1) is 0 Å². The molecule has 0 atom stereocenters. The van der Waals surface area contributed by atoms with Crippen LogP contribution in [-0.4, -0.2) is 24.1 Å². The molecule has 0 saturated carbocycles. The van der Waals surface area contributed by atoms with Crippen LogP contribution in [0.4, 0.5) is 0 Å². The van der Waals surface area contributed by atoms with Gasteiger partial charge in [0.2, 0.25) is 0 Å². The molecule has 5 heteroatoms. The zero-order valence-electron chi connectivity index (χ0n) is 22.2. The highest BCUT2D eigenvalue weighted by molar-refractivity contribution is 6.10. The van der Waals surface area contributed by atoms with Crippen molar-refractivity contribution in [3.05, 3.63) is 152 Å². The van der Waals surface area contributed by atoms with Crippen LogP contribution < -0.4 is 0 Å². The molecule has 0 aliphatic rings. The van der Waals surface area contributed by atoms with Crippen LogP contribution in [0.15, 0.2) is 152 Å². The Hall–Kier alpha value is -5.68. The lowest BCUT2D eigenvalue weighted by Crippen LogP contribution is -1.96. The van der Waals surface area contributed by atoms with E-state index in [-0.39, 0.29) is 0 Å². The molecule has 0 radical (unpaired) electrons. The summed E-state index contributed by atoms with van der Waals surface area (Å²) >= 11 is 0.